The van der Waals surface area contributed by atoms with Crippen molar-refractivity contribution < 1.29 is 4.79 Å². The van der Waals surface area contributed by atoms with Crippen LogP contribution in [0.3, 0.4) is 0 Å². The van der Waals surface area contributed by atoms with E-state index in [0.29, 0.717) is 12.6 Å². The van der Waals surface area contributed by atoms with Crippen LogP contribution in [0.15, 0.2) is 0 Å². The van der Waals surface area contributed by atoms with Crippen molar-refractivity contribution >= 4 is 5.91 Å². The summed E-state index contributed by atoms with van der Waals surface area (Å²) < 4.78 is 0. The summed E-state index contributed by atoms with van der Waals surface area (Å²) in [7, 11) is 3.68. The molecule has 88 valence electrons. The van der Waals surface area contributed by atoms with Crippen LogP contribution in [0.2, 0.25) is 0 Å². The van der Waals surface area contributed by atoms with Crippen molar-refractivity contribution in [2.45, 2.75) is 31.7 Å². The van der Waals surface area contributed by atoms with Gasteiger partial charge >= 0.3 is 0 Å². The van der Waals surface area contributed by atoms with Crippen molar-refractivity contribution in [3.63, 3.8) is 0 Å². The van der Waals surface area contributed by atoms with Crippen LogP contribution in [0, 0.1) is 0 Å². The van der Waals surface area contributed by atoms with Gasteiger partial charge in [0.15, 0.2) is 0 Å². The molecular weight excluding hydrogens is 190 g/mol. The molecule has 4 nitrogen and oxygen atoms in total. The van der Waals surface area contributed by atoms with Gasteiger partial charge in [-0.1, -0.05) is 6.42 Å². The molecule has 1 fully saturated rings. The Morgan fingerprint density at radius 2 is 2.20 bits per heavy atom. The van der Waals surface area contributed by atoms with Gasteiger partial charge in [-0.25, -0.2) is 0 Å². The number of hydrogen-bond acceptors (Lipinski definition) is 3. The zero-order chi connectivity index (χ0) is 11.1. The number of carbonyl (C=O) groups is 1. The van der Waals surface area contributed by atoms with Gasteiger partial charge in [-0.05, 0) is 39.4 Å². The molecule has 1 unspecified atom stereocenters. The molecule has 1 rings (SSSR count). The lowest BCUT2D eigenvalue weighted by molar-refractivity contribution is -0.122. The molecule has 1 aliphatic heterocycles. The number of hydrogen-bond donors (Lipinski definition) is 2. The minimum Gasteiger partial charge on any atom is -0.358 e. The number of likely N-dealkylation sites (N-methyl/N-ethyl adjacent to an activating group) is 1. The molecule has 1 heterocycles. The van der Waals surface area contributed by atoms with Gasteiger partial charge in [0.25, 0.3) is 0 Å². The predicted octanol–water partition coefficient (Wildman–Crippen LogP) is 0.196. The second-order valence-corrected chi connectivity index (χ2v) is 4.19. The van der Waals surface area contributed by atoms with Crippen LogP contribution in [-0.2, 0) is 4.79 Å². The van der Waals surface area contributed by atoms with Gasteiger partial charge in [0.1, 0.15) is 0 Å². The predicted molar refractivity (Wildman–Crippen MR) is 61.8 cm³/mol. The molecule has 0 aromatic heterocycles. The van der Waals surface area contributed by atoms with Crippen LogP contribution < -0.4 is 10.6 Å². The van der Waals surface area contributed by atoms with Gasteiger partial charge in [-0.3, -0.25) is 9.69 Å². The minimum absolute atomic E-state index is 0.131. The maximum atomic E-state index is 11.3. The van der Waals surface area contributed by atoms with Gasteiger partial charge in [0, 0.05) is 13.1 Å². The van der Waals surface area contributed by atoms with Gasteiger partial charge < -0.3 is 10.6 Å². The fraction of sp³-hybridized carbons (Fsp3) is 0.909. The molecule has 2 N–H and O–H groups in total. The van der Waals surface area contributed by atoms with Crippen molar-refractivity contribution in [3.05, 3.63) is 0 Å². The molecule has 0 saturated carbocycles. The largest absolute Gasteiger partial charge is 0.358 e. The Balaban J connectivity index is 2.38. The molecule has 0 aromatic carbocycles. The third kappa shape index (κ3) is 4.18. The van der Waals surface area contributed by atoms with Gasteiger partial charge in [-0.15, -0.1) is 0 Å². The molecule has 1 aliphatic rings. The fourth-order valence-electron chi connectivity index (χ4n) is 2.17. The Kier molecular flexibility index (Phi) is 5.65. The topological polar surface area (TPSA) is 44.4 Å². The fourth-order valence-corrected chi connectivity index (χ4v) is 2.17. The van der Waals surface area contributed by atoms with E-state index in [4.69, 9.17) is 0 Å². The van der Waals surface area contributed by atoms with E-state index in [9.17, 15) is 4.79 Å². The first-order valence-corrected chi connectivity index (χ1v) is 5.87. The summed E-state index contributed by atoms with van der Waals surface area (Å²) in [4.78, 5) is 13.7. The summed E-state index contributed by atoms with van der Waals surface area (Å²) in [5.41, 5.74) is 0. The van der Waals surface area contributed by atoms with Gasteiger partial charge in [0.05, 0.1) is 6.54 Å². The molecule has 1 atom stereocenters. The van der Waals surface area contributed by atoms with Crippen LogP contribution in [0.1, 0.15) is 25.7 Å². The van der Waals surface area contributed by atoms with Crippen LogP contribution >= 0.6 is 0 Å². The lowest BCUT2D eigenvalue weighted by Crippen LogP contribution is -2.45. The highest BCUT2D eigenvalue weighted by molar-refractivity contribution is 5.77. The lowest BCUT2D eigenvalue weighted by Gasteiger charge is -2.35. The average Bonchev–Trinajstić information content (AvgIpc) is 2.28. The van der Waals surface area contributed by atoms with E-state index in [1.165, 1.54) is 19.3 Å². The van der Waals surface area contributed by atoms with Crippen molar-refractivity contribution in [1.29, 1.82) is 0 Å². The second kappa shape index (κ2) is 6.80. The minimum atomic E-state index is 0.131. The lowest BCUT2D eigenvalue weighted by atomic mass is 9.99. The molecular formula is C11H23N3O. The van der Waals surface area contributed by atoms with E-state index in [-0.39, 0.29) is 5.91 Å². The Morgan fingerprint density at radius 3 is 2.87 bits per heavy atom. The zero-order valence-corrected chi connectivity index (χ0v) is 9.88. The molecule has 15 heavy (non-hydrogen) atoms. The number of nitrogens with zero attached hydrogens (tertiary/aromatic N) is 1. The average molecular weight is 213 g/mol. The summed E-state index contributed by atoms with van der Waals surface area (Å²) in [5.74, 6) is 0.131. The molecule has 0 radical (unpaired) electrons. The second-order valence-electron chi connectivity index (χ2n) is 4.19. The van der Waals surface area contributed by atoms with Crippen LogP contribution in [0.5, 0.6) is 0 Å². The van der Waals surface area contributed by atoms with E-state index in [1.807, 2.05) is 7.05 Å². The number of rotatable bonds is 5. The molecule has 0 spiro atoms. The Bertz CT molecular complexity index is 196. The monoisotopic (exact) mass is 213 g/mol. The van der Waals surface area contributed by atoms with Crippen molar-refractivity contribution in [2.75, 3.05) is 33.7 Å². The van der Waals surface area contributed by atoms with Crippen molar-refractivity contribution in [1.82, 2.24) is 15.5 Å². The maximum absolute atomic E-state index is 11.3. The number of carbonyl (C=O) groups excluding carboxylic acids is 1. The van der Waals surface area contributed by atoms with Crippen molar-refractivity contribution in [3.8, 4) is 0 Å². The smallest absolute Gasteiger partial charge is 0.233 e. The number of amides is 1. The zero-order valence-electron chi connectivity index (χ0n) is 9.88. The number of piperidine rings is 1. The third-order valence-electron chi connectivity index (χ3n) is 3.10. The quantitative estimate of drug-likeness (QED) is 0.685. The maximum Gasteiger partial charge on any atom is 0.233 e. The number of nitrogens with one attached hydrogen (secondary N) is 2. The van der Waals surface area contributed by atoms with E-state index < -0.39 is 0 Å². The Hall–Kier alpha value is -0.610. The summed E-state index contributed by atoms with van der Waals surface area (Å²) in [6.45, 7) is 2.67. The normalized spacial score (nSPS) is 22.7. The highest BCUT2D eigenvalue weighted by Crippen LogP contribution is 2.18. The van der Waals surface area contributed by atoms with Crippen LogP contribution in [-0.4, -0.2) is 50.6 Å². The highest BCUT2D eigenvalue weighted by Gasteiger charge is 2.23. The summed E-state index contributed by atoms with van der Waals surface area (Å²) >= 11 is 0. The van der Waals surface area contributed by atoms with Crippen molar-refractivity contribution in [2.24, 2.45) is 0 Å². The summed E-state index contributed by atoms with van der Waals surface area (Å²) in [6, 6.07) is 0.587. The van der Waals surface area contributed by atoms with Crippen LogP contribution in [0.4, 0.5) is 0 Å². The molecule has 0 aliphatic carbocycles. The SMILES string of the molecule is CNCCC1CCCCN1CC(=O)NC. The van der Waals surface area contributed by atoms with E-state index in [2.05, 4.69) is 15.5 Å². The standard InChI is InChI=1S/C11H23N3O/c1-12-7-6-10-5-3-4-8-14(10)9-11(15)13-2/h10,12H,3-9H2,1-2H3,(H,13,15). The molecule has 1 saturated heterocycles. The van der Waals surface area contributed by atoms with E-state index in [1.54, 1.807) is 7.05 Å². The first-order valence-electron chi connectivity index (χ1n) is 5.87. The summed E-state index contributed by atoms with van der Waals surface area (Å²) in [5, 5.41) is 5.87. The molecule has 0 bridgehead atoms. The number of likely N-dealkylation sites (tertiary alicyclic amines) is 1. The molecule has 4 heteroatoms. The van der Waals surface area contributed by atoms with Gasteiger partial charge in [0.2, 0.25) is 5.91 Å². The van der Waals surface area contributed by atoms with Crippen LogP contribution in [0.25, 0.3) is 0 Å². The first kappa shape index (κ1) is 12.5. The third-order valence-corrected chi connectivity index (χ3v) is 3.10. The van der Waals surface area contributed by atoms with E-state index in [0.717, 1.165) is 19.5 Å². The first-order chi connectivity index (χ1) is 7.27. The molecule has 0 aromatic rings. The Labute approximate surface area is 92.4 Å². The molecule has 1 amide bonds. The summed E-state index contributed by atoms with van der Waals surface area (Å²) in [6.07, 6.45) is 4.91. The van der Waals surface area contributed by atoms with Gasteiger partial charge in [-0.2, -0.15) is 0 Å². The highest BCUT2D eigenvalue weighted by atomic mass is 16.1. The Morgan fingerprint density at radius 1 is 1.40 bits per heavy atom. The van der Waals surface area contributed by atoms with E-state index >= 15 is 0 Å².